The van der Waals surface area contributed by atoms with Crippen LogP contribution in [0.15, 0.2) is 259 Å². The van der Waals surface area contributed by atoms with Crippen LogP contribution in [0.25, 0.3) is 66.4 Å². The van der Waals surface area contributed by atoms with Crippen LogP contribution >= 0.6 is 0 Å². The van der Waals surface area contributed by atoms with E-state index in [0.717, 1.165) is 56.1 Å². The van der Waals surface area contributed by atoms with Crippen molar-refractivity contribution in [3.8, 4) is 44.5 Å². The molecule has 0 amide bonds. The van der Waals surface area contributed by atoms with E-state index in [-0.39, 0.29) is 5.41 Å². The fraction of sp³-hybridized carbons (Fsp3) is 0.0571. The van der Waals surface area contributed by atoms with E-state index in [9.17, 15) is 0 Å². The van der Waals surface area contributed by atoms with Gasteiger partial charge in [0.1, 0.15) is 11.2 Å². The molecule has 0 radical (unpaired) electrons. The second-order valence-electron chi connectivity index (χ2n) is 20.3. The van der Waals surface area contributed by atoms with Crippen molar-refractivity contribution in [2.24, 2.45) is 0 Å². The van der Waals surface area contributed by atoms with Crippen LogP contribution in [-0.4, -0.2) is 0 Å². The first-order valence-electron chi connectivity index (χ1n) is 25.4. The van der Waals surface area contributed by atoms with Crippen molar-refractivity contribution >= 4 is 56.1 Å². The second-order valence-corrected chi connectivity index (χ2v) is 20.3. The lowest BCUT2D eigenvalue weighted by Crippen LogP contribution is -2.26. The third-order valence-corrected chi connectivity index (χ3v) is 16.3. The Kier molecular flexibility index (Phi) is 8.92. The SMILES string of the molecule is CC1(C)c2ccccc2-c2ccc(N(c3ccc4c(c3)C3(c5ccccc5-4)c4ccccc4-c4ccc(N(c5ccccc5)c5cccc6oc7ccccc7c56)cc43)c3ccccc3-c3ccccc3)cc21. The van der Waals surface area contributed by atoms with Gasteiger partial charge in [-0.05, 0) is 145 Å². The fourth-order valence-corrected chi connectivity index (χ4v) is 13.1. The number of rotatable bonds is 7. The van der Waals surface area contributed by atoms with Crippen molar-refractivity contribution in [2.45, 2.75) is 24.7 Å². The van der Waals surface area contributed by atoms with Crippen LogP contribution in [0.3, 0.4) is 0 Å². The lowest BCUT2D eigenvalue weighted by atomic mass is 9.70. The predicted molar refractivity (Wildman–Crippen MR) is 302 cm³/mol. The molecule has 3 aliphatic rings. The highest BCUT2D eigenvalue weighted by Gasteiger charge is 2.52. The summed E-state index contributed by atoms with van der Waals surface area (Å²) in [5.41, 5.74) is 25.4. The molecule has 0 saturated carbocycles. The van der Waals surface area contributed by atoms with Crippen molar-refractivity contribution in [3.63, 3.8) is 0 Å². The summed E-state index contributed by atoms with van der Waals surface area (Å²) in [5.74, 6) is 0. The van der Waals surface area contributed by atoms with Gasteiger partial charge in [0.15, 0.2) is 0 Å². The molecule has 3 aliphatic carbocycles. The van der Waals surface area contributed by atoms with Crippen LogP contribution in [0.2, 0.25) is 0 Å². The maximum Gasteiger partial charge on any atom is 0.137 e. The van der Waals surface area contributed by atoms with Gasteiger partial charge in [0.05, 0.1) is 22.2 Å². The van der Waals surface area contributed by atoms with Crippen molar-refractivity contribution in [2.75, 3.05) is 9.80 Å². The molecule has 1 heterocycles. The van der Waals surface area contributed by atoms with E-state index in [1.54, 1.807) is 0 Å². The summed E-state index contributed by atoms with van der Waals surface area (Å²) in [6.45, 7) is 4.75. The van der Waals surface area contributed by atoms with Gasteiger partial charge in [-0.3, -0.25) is 0 Å². The highest BCUT2D eigenvalue weighted by molar-refractivity contribution is 6.13. The van der Waals surface area contributed by atoms with Crippen LogP contribution < -0.4 is 9.80 Å². The molecular weight excluding hydrogens is 885 g/mol. The van der Waals surface area contributed by atoms with Gasteiger partial charge in [-0.15, -0.1) is 0 Å². The standard InChI is InChI=1S/C70H48N2O/c1-69(2)58-29-14-9-25-51(58)54-39-36-47(42-61(54)69)72(64-32-17-12-24-50(64)45-20-5-3-6-21-45)49-38-41-56-53-27-11-16-31-60(53)70(63(56)44-49)59-30-15-10-26-52(59)55-40-37-48(43-62(55)70)71(46-22-7-4-8-23-46)65-33-19-35-67-68(65)57-28-13-18-34-66(57)73-67/h3-44H,1-2H3. The Balaban J connectivity index is 0.989. The molecule has 0 aliphatic heterocycles. The summed E-state index contributed by atoms with van der Waals surface area (Å²) in [6.07, 6.45) is 0. The van der Waals surface area contributed by atoms with E-state index in [1.807, 2.05) is 6.07 Å². The fourth-order valence-electron chi connectivity index (χ4n) is 13.1. The van der Waals surface area contributed by atoms with Crippen LogP contribution in [0, 0.1) is 0 Å². The summed E-state index contributed by atoms with van der Waals surface area (Å²) in [4.78, 5) is 4.94. The number of hydrogen-bond acceptors (Lipinski definition) is 3. The minimum atomic E-state index is -0.632. The zero-order valence-corrected chi connectivity index (χ0v) is 40.6. The molecule has 1 aromatic heterocycles. The Bertz CT molecular complexity index is 4190. The van der Waals surface area contributed by atoms with Gasteiger partial charge in [-0.2, -0.15) is 0 Å². The second kappa shape index (κ2) is 15.7. The number of fused-ring (bicyclic) bond motifs is 16. The smallest absolute Gasteiger partial charge is 0.137 e. The molecule has 12 aromatic rings. The third-order valence-electron chi connectivity index (χ3n) is 16.3. The molecule has 0 bridgehead atoms. The van der Waals surface area contributed by atoms with Crippen molar-refractivity contribution in [3.05, 3.63) is 288 Å². The highest BCUT2D eigenvalue weighted by Crippen LogP contribution is 2.64. The molecule has 1 atom stereocenters. The third kappa shape index (κ3) is 5.88. The average molecular weight is 933 g/mol. The largest absolute Gasteiger partial charge is 0.456 e. The Morgan fingerprint density at radius 3 is 1.38 bits per heavy atom. The van der Waals surface area contributed by atoms with E-state index >= 15 is 0 Å². The maximum atomic E-state index is 6.53. The average Bonchev–Trinajstić information content (AvgIpc) is 4.23. The summed E-state index contributed by atoms with van der Waals surface area (Å²) in [5, 5.41) is 2.19. The number of anilines is 6. The first kappa shape index (κ1) is 41.6. The summed E-state index contributed by atoms with van der Waals surface area (Å²) >= 11 is 0. The zero-order chi connectivity index (χ0) is 48.4. The topological polar surface area (TPSA) is 19.6 Å². The Morgan fingerprint density at radius 1 is 0.301 bits per heavy atom. The van der Waals surface area contributed by atoms with Crippen LogP contribution in [0.4, 0.5) is 34.1 Å². The van der Waals surface area contributed by atoms with E-state index in [0.29, 0.717) is 0 Å². The van der Waals surface area contributed by atoms with Gasteiger partial charge in [-0.1, -0.05) is 196 Å². The Hall–Kier alpha value is -9.18. The first-order chi connectivity index (χ1) is 36.0. The van der Waals surface area contributed by atoms with Crippen molar-refractivity contribution in [1.29, 1.82) is 0 Å². The molecule has 15 rings (SSSR count). The van der Waals surface area contributed by atoms with Crippen molar-refractivity contribution in [1.82, 2.24) is 0 Å². The van der Waals surface area contributed by atoms with E-state index < -0.39 is 5.41 Å². The monoisotopic (exact) mass is 932 g/mol. The zero-order valence-electron chi connectivity index (χ0n) is 40.6. The molecule has 11 aromatic carbocycles. The van der Waals surface area contributed by atoms with Crippen molar-refractivity contribution < 1.29 is 4.42 Å². The normalized spacial score (nSPS) is 15.2. The maximum absolute atomic E-state index is 6.53. The van der Waals surface area contributed by atoms with Gasteiger partial charge in [0, 0.05) is 39.1 Å². The molecule has 0 fully saturated rings. The number of furan rings is 1. The molecule has 1 spiro atoms. The minimum absolute atomic E-state index is 0.172. The van der Waals surface area contributed by atoms with E-state index in [4.69, 9.17) is 4.42 Å². The van der Waals surface area contributed by atoms with Gasteiger partial charge >= 0.3 is 0 Å². The van der Waals surface area contributed by atoms with E-state index in [1.165, 1.54) is 77.9 Å². The van der Waals surface area contributed by atoms with Gasteiger partial charge < -0.3 is 14.2 Å². The molecule has 344 valence electrons. The predicted octanol–water partition coefficient (Wildman–Crippen LogP) is 18.8. The Morgan fingerprint density at radius 2 is 0.740 bits per heavy atom. The number of benzene rings is 11. The Labute approximate surface area is 425 Å². The minimum Gasteiger partial charge on any atom is -0.456 e. The molecule has 1 unspecified atom stereocenters. The number of nitrogens with zero attached hydrogens (tertiary/aromatic N) is 2. The van der Waals surface area contributed by atoms with Crippen LogP contribution in [0.5, 0.6) is 0 Å². The van der Waals surface area contributed by atoms with Gasteiger partial charge in [0.2, 0.25) is 0 Å². The molecule has 3 heteroatoms. The van der Waals surface area contributed by atoms with Crippen LogP contribution in [-0.2, 0) is 10.8 Å². The molecule has 0 N–H and O–H groups in total. The highest BCUT2D eigenvalue weighted by atomic mass is 16.3. The molecule has 3 nitrogen and oxygen atoms in total. The summed E-state index contributed by atoms with van der Waals surface area (Å²) in [7, 11) is 0. The molecule has 0 saturated heterocycles. The number of hydrogen-bond donors (Lipinski definition) is 0. The summed E-state index contributed by atoms with van der Waals surface area (Å²) < 4.78 is 6.53. The lowest BCUT2D eigenvalue weighted by Gasteiger charge is -2.34. The quantitative estimate of drug-likeness (QED) is 0.159. The lowest BCUT2D eigenvalue weighted by molar-refractivity contribution is 0.660. The number of para-hydroxylation sites is 3. The summed E-state index contributed by atoms with van der Waals surface area (Å²) in [6, 6.07) is 94.2. The molecular formula is C70H48N2O. The van der Waals surface area contributed by atoms with Crippen LogP contribution in [0.1, 0.15) is 47.2 Å². The van der Waals surface area contributed by atoms with E-state index in [2.05, 4.69) is 272 Å². The first-order valence-corrected chi connectivity index (χ1v) is 25.4. The van der Waals surface area contributed by atoms with Gasteiger partial charge in [-0.25, -0.2) is 0 Å². The molecule has 73 heavy (non-hydrogen) atoms. The van der Waals surface area contributed by atoms with Gasteiger partial charge in [0.25, 0.3) is 0 Å².